The molecule has 2 aromatic carbocycles. The molecule has 0 N–H and O–H groups in total. The first-order chi connectivity index (χ1) is 14.3. The van der Waals surface area contributed by atoms with Crippen LogP contribution in [-0.4, -0.2) is 30.5 Å². The third-order valence-electron chi connectivity index (χ3n) is 4.02. The van der Waals surface area contributed by atoms with Gasteiger partial charge in [-0.15, -0.1) is 0 Å². The molecule has 0 atom stereocenters. The van der Waals surface area contributed by atoms with Gasteiger partial charge in [0, 0.05) is 12.1 Å². The number of ether oxygens (including phenoxy) is 3. The van der Waals surface area contributed by atoms with Crippen LogP contribution in [-0.2, 0) is 9.53 Å². The normalized spacial score (nSPS) is 14.5. The number of benzene rings is 2. The van der Waals surface area contributed by atoms with Crippen LogP contribution < -0.4 is 9.47 Å². The molecule has 8 nitrogen and oxygen atoms in total. The molecule has 0 unspecified atom stereocenters. The van der Waals surface area contributed by atoms with E-state index in [-0.39, 0.29) is 27.9 Å². The Labute approximate surface area is 181 Å². The minimum atomic E-state index is -0.728. The number of methoxy groups -OCH3 is 1. The van der Waals surface area contributed by atoms with E-state index in [2.05, 4.69) is 4.99 Å². The van der Waals surface area contributed by atoms with Crippen LogP contribution in [0, 0.1) is 10.1 Å². The van der Waals surface area contributed by atoms with Crippen molar-refractivity contribution in [1.82, 2.24) is 0 Å². The number of cyclic esters (lactones) is 1. The molecule has 0 fully saturated rings. The predicted molar refractivity (Wildman–Crippen MR) is 113 cm³/mol. The van der Waals surface area contributed by atoms with Crippen LogP contribution in [0.15, 0.2) is 41.0 Å². The zero-order chi connectivity index (χ0) is 21.8. The number of esters is 1. The summed E-state index contributed by atoms with van der Waals surface area (Å²) in [6.07, 6.45) is 2.26. The van der Waals surface area contributed by atoms with Gasteiger partial charge in [0.2, 0.25) is 5.90 Å². The first-order valence-electron chi connectivity index (χ1n) is 8.81. The average Bonchev–Trinajstić information content (AvgIpc) is 3.07. The highest BCUT2D eigenvalue weighted by Crippen LogP contribution is 2.37. The molecule has 156 valence electrons. The number of halogens is 2. The van der Waals surface area contributed by atoms with Crippen molar-refractivity contribution in [2.24, 2.45) is 4.99 Å². The average molecular weight is 451 g/mol. The van der Waals surface area contributed by atoms with E-state index in [1.165, 1.54) is 31.4 Å². The van der Waals surface area contributed by atoms with E-state index in [1.807, 2.05) is 6.92 Å². The Morgan fingerprint density at radius 3 is 2.67 bits per heavy atom. The molecule has 3 rings (SSSR count). The predicted octanol–water partition coefficient (Wildman–Crippen LogP) is 5.04. The summed E-state index contributed by atoms with van der Waals surface area (Å²) in [6.45, 7) is 2.44. The molecule has 2 aromatic rings. The molecule has 0 saturated heterocycles. The quantitative estimate of drug-likeness (QED) is 0.253. The topological polar surface area (TPSA) is 100 Å². The Balaban J connectivity index is 1.98. The number of nitro benzene ring substituents is 1. The van der Waals surface area contributed by atoms with Crippen LogP contribution in [0.25, 0.3) is 6.08 Å². The molecule has 1 aliphatic rings. The smallest absolute Gasteiger partial charge is 0.363 e. The van der Waals surface area contributed by atoms with Gasteiger partial charge in [0.05, 0.1) is 34.2 Å². The Morgan fingerprint density at radius 1 is 1.23 bits per heavy atom. The third-order valence-corrected chi connectivity index (χ3v) is 4.63. The second kappa shape index (κ2) is 9.15. The lowest BCUT2D eigenvalue weighted by Crippen LogP contribution is -2.06. The highest BCUT2D eigenvalue weighted by molar-refractivity contribution is 6.34. The van der Waals surface area contributed by atoms with Gasteiger partial charge in [-0.05, 0) is 36.3 Å². The molecule has 0 aliphatic carbocycles. The van der Waals surface area contributed by atoms with Gasteiger partial charge in [-0.2, -0.15) is 0 Å². The highest BCUT2D eigenvalue weighted by Gasteiger charge is 2.27. The third kappa shape index (κ3) is 4.55. The molecule has 30 heavy (non-hydrogen) atoms. The van der Waals surface area contributed by atoms with Crippen LogP contribution in [0.1, 0.15) is 24.5 Å². The Kier molecular flexibility index (Phi) is 6.59. The monoisotopic (exact) mass is 450 g/mol. The maximum atomic E-state index is 12.3. The number of nitro groups is 1. The van der Waals surface area contributed by atoms with Crippen molar-refractivity contribution in [3.05, 3.63) is 67.3 Å². The second-order valence-electron chi connectivity index (χ2n) is 6.14. The Hall–Kier alpha value is -3.10. The van der Waals surface area contributed by atoms with E-state index in [0.29, 0.717) is 28.7 Å². The van der Waals surface area contributed by atoms with E-state index >= 15 is 0 Å². The lowest BCUT2D eigenvalue weighted by Gasteiger charge is -2.12. The molecular weight excluding hydrogens is 435 g/mol. The van der Waals surface area contributed by atoms with Crippen LogP contribution in [0.5, 0.6) is 11.5 Å². The fraction of sp³-hybridized carbons (Fsp3) is 0.200. The van der Waals surface area contributed by atoms with Gasteiger partial charge >= 0.3 is 5.97 Å². The summed E-state index contributed by atoms with van der Waals surface area (Å²) in [5.74, 6) is -0.0419. The van der Waals surface area contributed by atoms with Crippen molar-refractivity contribution in [3.63, 3.8) is 0 Å². The Morgan fingerprint density at radius 2 is 2.00 bits per heavy atom. The highest BCUT2D eigenvalue weighted by atomic mass is 35.5. The molecule has 1 heterocycles. The summed E-state index contributed by atoms with van der Waals surface area (Å²) in [5, 5.41) is 11.5. The van der Waals surface area contributed by atoms with Crippen LogP contribution in [0.4, 0.5) is 5.69 Å². The molecule has 0 saturated carbocycles. The zero-order valence-electron chi connectivity index (χ0n) is 16.0. The molecule has 0 amide bonds. The number of non-ortho nitro benzene ring substituents is 1. The lowest BCUT2D eigenvalue weighted by molar-refractivity contribution is -0.384. The fourth-order valence-electron chi connectivity index (χ4n) is 2.64. The SMILES string of the molecule is CCCOc1c(Cl)cc(/C=C2\N=C(c3cc([N+](=O)[O-])ccc3Cl)OC2=O)cc1OC. The van der Waals surface area contributed by atoms with Crippen molar-refractivity contribution >= 4 is 46.8 Å². The Bertz CT molecular complexity index is 1080. The number of carbonyl (C=O) groups is 1. The molecule has 0 aromatic heterocycles. The molecule has 10 heteroatoms. The maximum absolute atomic E-state index is 12.3. The van der Waals surface area contributed by atoms with Crippen molar-refractivity contribution in [2.75, 3.05) is 13.7 Å². The number of carbonyl (C=O) groups excluding carboxylic acids is 1. The first-order valence-corrected chi connectivity index (χ1v) is 9.56. The van der Waals surface area contributed by atoms with E-state index in [1.54, 1.807) is 12.1 Å². The maximum Gasteiger partial charge on any atom is 0.363 e. The van der Waals surface area contributed by atoms with E-state index in [4.69, 9.17) is 37.4 Å². The first kappa shape index (κ1) is 21.6. The minimum Gasteiger partial charge on any atom is -0.493 e. The van der Waals surface area contributed by atoms with Crippen molar-refractivity contribution < 1.29 is 23.9 Å². The van der Waals surface area contributed by atoms with Gasteiger partial charge in [0.25, 0.3) is 5.69 Å². The summed E-state index contributed by atoms with van der Waals surface area (Å²) < 4.78 is 16.1. The molecular formula is C20H16Cl2N2O6. The number of hydrogen-bond donors (Lipinski definition) is 0. The van der Waals surface area contributed by atoms with Crippen molar-refractivity contribution in [1.29, 1.82) is 0 Å². The van der Waals surface area contributed by atoms with Gasteiger partial charge < -0.3 is 14.2 Å². The summed E-state index contributed by atoms with van der Waals surface area (Å²) in [6, 6.07) is 7.02. The van der Waals surface area contributed by atoms with Gasteiger partial charge in [-0.3, -0.25) is 10.1 Å². The number of hydrogen-bond acceptors (Lipinski definition) is 7. The number of aliphatic imine (C=N–C) groups is 1. The van der Waals surface area contributed by atoms with Gasteiger partial charge in [-0.1, -0.05) is 30.1 Å². The largest absolute Gasteiger partial charge is 0.493 e. The molecule has 0 spiro atoms. The second-order valence-corrected chi connectivity index (χ2v) is 6.95. The fourth-order valence-corrected chi connectivity index (χ4v) is 3.11. The zero-order valence-corrected chi connectivity index (χ0v) is 17.5. The van der Waals surface area contributed by atoms with Crippen LogP contribution in [0.2, 0.25) is 10.0 Å². The van der Waals surface area contributed by atoms with E-state index in [0.717, 1.165) is 6.42 Å². The summed E-state index contributed by atoms with van der Waals surface area (Å²) in [7, 11) is 1.48. The van der Waals surface area contributed by atoms with E-state index < -0.39 is 10.9 Å². The van der Waals surface area contributed by atoms with Crippen LogP contribution >= 0.6 is 23.2 Å². The summed E-state index contributed by atoms with van der Waals surface area (Å²) in [5.41, 5.74) is 0.446. The molecule has 0 radical (unpaired) electrons. The summed E-state index contributed by atoms with van der Waals surface area (Å²) >= 11 is 12.4. The van der Waals surface area contributed by atoms with Crippen molar-refractivity contribution in [2.45, 2.75) is 13.3 Å². The minimum absolute atomic E-state index is 0.0204. The van der Waals surface area contributed by atoms with E-state index in [9.17, 15) is 14.9 Å². The number of nitrogens with zero attached hydrogens (tertiary/aromatic N) is 2. The standard InChI is InChI=1S/C20H16Cl2N2O6/c1-3-6-29-18-15(22)7-11(9-17(18)28-2)8-16-20(25)30-19(23-16)13-10-12(24(26)27)4-5-14(13)21/h4-5,7-10H,3,6H2,1-2H3/b16-8-. The van der Waals surface area contributed by atoms with Crippen molar-refractivity contribution in [3.8, 4) is 11.5 Å². The molecule has 1 aliphatic heterocycles. The molecule has 0 bridgehead atoms. The number of rotatable bonds is 7. The van der Waals surface area contributed by atoms with Gasteiger partial charge in [0.1, 0.15) is 0 Å². The van der Waals surface area contributed by atoms with Crippen LogP contribution in [0.3, 0.4) is 0 Å². The van der Waals surface area contributed by atoms with Gasteiger partial charge in [-0.25, -0.2) is 9.79 Å². The van der Waals surface area contributed by atoms with Gasteiger partial charge in [0.15, 0.2) is 17.2 Å². The summed E-state index contributed by atoms with van der Waals surface area (Å²) in [4.78, 5) is 26.8. The lowest BCUT2D eigenvalue weighted by atomic mass is 10.1.